The number of hydrogen-bond acceptors (Lipinski definition) is 4. The van der Waals surface area contributed by atoms with Gasteiger partial charge < -0.3 is 10.2 Å². The number of likely N-dealkylation sites (tertiary alicyclic amines) is 1. The smallest absolute Gasteiger partial charge is 0.243 e. The van der Waals surface area contributed by atoms with E-state index in [1.165, 1.54) is 12.1 Å². The lowest BCUT2D eigenvalue weighted by Crippen LogP contribution is -2.42. The van der Waals surface area contributed by atoms with Gasteiger partial charge in [0.25, 0.3) is 0 Å². The van der Waals surface area contributed by atoms with Crippen LogP contribution in [0.5, 0.6) is 0 Å². The Balaban J connectivity index is 1.37. The van der Waals surface area contributed by atoms with E-state index in [1.54, 1.807) is 21.3 Å². The Morgan fingerprint density at radius 3 is 2.24 bits per heavy atom. The molecule has 2 fully saturated rings. The molecule has 2 amide bonds. The number of hydrogen-bond donors (Lipinski definition) is 1. The second-order valence-corrected chi connectivity index (χ2v) is 11.4. The lowest BCUT2D eigenvalue weighted by molar-refractivity contribution is -0.128. The molecule has 2 saturated heterocycles. The molecule has 0 aromatic heterocycles. The van der Waals surface area contributed by atoms with Crippen molar-refractivity contribution in [3.8, 4) is 0 Å². The Morgan fingerprint density at radius 2 is 1.61 bits per heavy atom. The summed E-state index contributed by atoms with van der Waals surface area (Å²) in [5.41, 5.74) is 1.55. The van der Waals surface area contributed by atoms with Gasteiger partial charge >= 0.3 is 0 Å². The highest BCUT2D eigenvalue weighted by molar-refractivity contribution is 7.89. The van der Waals surface area contributed by atoms with Crippen LogP contribution in [-0.2, 0) is 26.2 Å². The quantitative estimate of drug-likeness (QED) is 0.703. The van der Waals surface area contributed by atoms with Crippen molar-refractivity contribution in [3.63, 3.8) is 0 Å². The van der Waals surface area contributed by atoms with E-state index >= 15 is 0 Å². The van der Waals surface area contributed by atoms with Crippen LogP contribution in [0.2, 0.25) is 0 Å². The highest BCUT2D eigenvalue weighted by Gasteiger charge is 2.35. The molecule has 0 aliphatic carbocycles. The van der Waals surface area contributed by atoms with E-state index in [-0.39, 0.29) is 23.1 Å². The van der Waals surface area contributed by atoms with E-state index in [4.69, 9.17) is 0 Å². The van der Waals surface area contributed by atoms with Gasteiger partial charge in [-0.15, -0.1) is 0 Å². The summed E-state index contributed by atoms with van der Waals surface area (Å²) >= 11 is 0. The molecule has 1 N–H and O–H groups in total. The zero-order chi connectivity index (χ0) is 23.6. The molecule has 2 aliphatic heterocycles. The van der Waals surface area contributed by atoms with E-state index < -0.39 is 15.9 Å². The highest BCUT2D eigenvalue weighted by Crippen LogP contribution is 2.28. The van der Waals surface area contributed by atoms with Gasteiger partial charge in [0.1, 0.15) is 0 Å². The number of rotatable bonds is 6. The lowest BCUT2D eigenvalue weighted by Gasteiger charge is -2.34. The first-order valence-corrected chi connectivity index (χ1v) is 12.9. The second-order valence-electron chi connectivity index (χ2n) is 9.44. The number of nitrogens with zero attached hydrogens (tertiary/aromatic N) is 2. The van der Waals surface area contributed by atoms with Crippen LogP contribution in [-0.4, -0.2) is 49.1 Å². The number of benzene rings is 2. The third-order valence-electron chi connectivity index (χ3n) is 6.40. The third-order valence-corrected chi connectivity index (χ3v) is 8.24. The largest absolute Gasteiger partial charge is 0.338 e. The van der Waals surface area contributed by atoms with Crippen molar-refractivity contribution in [1.82, 2.24) is 9.21 Å². The average Bonchev–Trinajstić information content (AvgIpc) is 3.14. The summed E-state index contributed by atoms with van der Waals surface area (Å²) in [6.45, 7) is 6.07. The van der Waals surface area contributed by atoms with Crippen LogP contribution in [0.1, 0.15) is 32.3 Å². The molecule has 0 saturated carbocycles. The lowest BCUT2D eigenvalue weighted by atomic mass is 9.94. The Hall–Kier alpha value is -2.71. The SMILES string of the molecule is C[C@@H]1C[C@@H](C)CN(S(=O)(=O)c2ccc(NC(=O)[C@@H]3CC(=O)N(Cc4ccccc4)C3)cc2)C1. The minimum atomic E-state index is -3.56. The van der Waals surface area contributed by atoms with Gasteiger partial charge in [-0.3, -0.25) is 9.59 Å². The van der Waals surface area contributed by atoms with Gasteiger partial charge in [0.2, 0.25) is 21.8 Å². The molecule has 3 atom stereocenters. The van der Waals surface area contributed by atoms with Crippen molar-refractivity contribution in [2.45, 2.75) is 38.1 Å². The molecule has 8 heteroatoms. The van der Waals surface area contributed by atoms with Crippen LogP contribution in [0, 0.1) is 17.8 Å². The van der Waals surface area contributed by atoms with E-state index in [0.717, 1.165) is 12.0 Å². The number of sulfonamides is 1. The number of carbonyl (C=O) groups excluding carboxylic acids is 2. The molecule has 0 bridgehead atoms. The summed E-state index contributed by atoms with van der Waals surface area (Å²) < 4.78 is 27.6. The summed E-state index contributed by atoms with van der Waals surface area (Å²) in [6, 6.07) is 16.0. The zero-order valence-electron chi connectivity index (χ0n) is 19.1. The molecular weight excluding hydrogens is 438 g/mol. The number of anilines is 1. The van der Waals surface area contributed by atoms with Crippen molar-refractivity contribution in [2.75, 3.05) is 25.0 Å². The maximum absolute atomic E-state index is 13.0. The normalized spacial score (nSPS) is 24.1. The van der Waals surface area contributed by atoms with Crippen LogP contribution >= 0.6 is 0 Å². The molecular formula is C25H31N3O4S. The zero-order valence-corrected chi connectivity index (χ0v) is 19.9. The summed E-state index contributed by atoms with van der Waals surface area (Å²) in [7, 11) is -3.56. The van der Waals surface area contributed by atoms with Gasteiger partial charge in [-0.1, -0.05) is 44.2 Å². The summed E-state index contributed by atoms with van der Waals surface area (Å²) in [4.78, 5) is 27.0. The summed E-state index contributed by atoms with van der Waals surface area (Å²) in [5, 5.41) is 2.83. The maximum Gasteiger partial charge on any atom is 0.243 e. The van der Waals surface area contributed by atoms with Crippen molar-refractivity contribution in [2.24, 2.45) is 17.8 Å². The molecule has 0 spiro atoms. The predicted molar refractivity (Wildman–Crippen MR) is 127 cm³/mol. The van der Waals surface area contributed by atoms with Crippen molar-refractivity contribution in [1.29, 1.82) is 0 Å². The first-order valence-electron chi connectivity index (χ1n) is 11.4. The van der Waals surface area contributed by atoms with Gasteiger partial charge in [-0.25, -0.2) is 8.42 Å². The van der Waals surface area contributed by atoms with Crippen molar-refractivity contribution < 1.29 is 18.0 Å². The van der Waals surface area contributed by atoms with Crippen LogP contribution in [0.3, 0.4) is 0 Å². The fourth-order valence-electron chi connectivity index (χ4n) is 4.81. The highest BCUT2D eigenvalue weighted by atomic mass is 32.2. The van der Waals surface area contributed by atoms with Crippen LogP contribution in [0.4, 0.5) is 5.69 Å². The molecule has 7 nitrogen and oxygen atoms in total. The van der Waals surface area contributed by atoms with Crippen LogP contribution in [0.15, 0.2) is 59.5 Å². The Kier molecular flexibility index (Phi) is 6.86. The van der Waals surface area contributed by atoms with E-state index in [1.807, 2.05) is 30.3 Å². The monoisotopic (exact) mass is 469 g/mol. The Bertz CT molecular complexity index is 1090. The standard InChI is InChI=1S/C25H31N3O4S/c1-18-12-19(2)15-28(14-18)33(31,32)23-10-8-22(9-11-23)26-25(30)21-13-24(29)27(17-21)16-20-6-4-3-5-7-20/h3-11,18-19,21H,12-17H2,1-2H3,(H,26,30)/t18-,19-,21-/m1/s1. The van der Waals surface area contributed by atoms with E-state index in [0.29, 0.717) is 43.7 Å². The van der Waals surface area contributed by atoms with Gasteiger partial charge in [0.05, 0.1) is 10.8 Å². The fourth-order valence-corrected chi connectivity index (χ4v) is 6.49. The molecule has 2 aromatic carbocycles. The van der Waals surface area contributed by atoms with E-state index in [2.05, 4.69) is 19.2 Å². The molecule has 2 heterocycles. The van der Waals surface area contributed by atoms with Gasteiger partial charge in [0.15, 0.2) is 0 Å². The molecule has 0 unspecified atom stereocenters. The summed E-state index contributed by atoms with van der Waals surface area (Å²) in [5.74, 6) is -0.0325. The maximum atomic E-state index is 13.0. The van der Waals surface area contributed by atoms with Crippen molar-refractivity contribution >= 4 is 27.5 Å². The number of amides is 2. The number of piperidine rings is 1. The molecule has 2 aromatic rings. The van der Waals surface area contributed by atoms with Crippen LogP contribution < -0.4 is 5.32 Å². The summed E-state index contributed by atoms with van der Waals surface area (Å²) in [6.07, 6.45) is 1.21. The molecule has 2 aliphatic rings. The minimum absolute atomic E-state index is 0.0366. The topological polar surface area (TPSA) is 86.8 Å². The Morgan fingerprint density at radius 1 is 0.970 bits per heavy atom. The Labute approximate surface area is 195 Å². The number of nitrogens with one attached hydrogen (secondary N) is 1. The van der Waals surface area contributed by atoms with Crippen molar-refractivity contribution in [3.05, 3.63) is 60.2 Å². The van der Waals surface area contributed by atoms with Gasteiger partial charge in [-0.05, 0) is 48.1 Å². The number of carbonyl (C=O) groups is 2. The van der Waals surface area contributed by atoms with Gasteiger partial charge in [0, 0.05) is 38.3 Å². The molecule has 0 radical (unpaired) electrons. The third kappa shape index (κ3) is 5.45. The molecule has 176 valence electrons. The van der Waals surface area contributed by atoms with E-state index in [9.17, 15) is 18.0 Å². The van der Waals surface area contributed by atoms with Gasteiger partial charge in [-0.2, -0.15) is 4.31 Å². The average molecular weight is 470 g/mol. The molecule has 33 heavy (non-hydrogen) atoms. The first kappa shape index (κ1) is 23.4. The van der Waals surface area contributed by atoms with Crippen LogP contribution in [0.25, 0.3) is 0 Å². The molecule has 4 rings (SSSR count). The minimum Gasteiger partial charge on any atom is -0.338 e. The fraction of sp³-hybridized carbons (Fsp3) is 0.440. The first-order chi connectivity index (χ1) is 15.7. The second kappa shape index (κ2) is 9.65. The predicted octanol–water partition coefficient (Wildman–Crippen LogP) is 3.34.